The number of nitrogens with zero attached hydrogens (tertiary/aromatic N) is 3. The van der Waals surface area contributed by atoms with Crippen LogP contribution >= 0.6 is 11.8 Å². The van der Waals surface area contributed by atoms with Crippen LogP contribution in [0.2, 0.25) is 0 Å². The van der Waals surface area contributed by atoms with Crippen LogP contribution in [0.25, 0.3) is 0 Å². The van der Waals surface area contributed by atoms with Crippen molar-refractivity contribution in [2.75, 3.05) is 23.4 Å². The summed E-state index contributed by atoms with van der Waals surface area (Å²) in [5, 5.41) is 52.8. The molecule has 2 rings (SSSR count). The quantitative estimate of drug-likeness (QED) is 0.144. The third-order valence-corrected chi connectivity index (χ3v) is 7.70. The van der Waals surface area contributed by atoms with Gasteiger partial charge < -0.3 is 35.8 Å². The number of hydrogen-bond acceptors (Lipinski definition) is 10. The number of nitrogens with one attached hydrogen (secondary N) is 2. The van der Waals surface area contributed by atoms with E-state index in [-0.39, 0.29) is 11.7 Å². The van der Waals surface area contributed by atoms with Crippen LogP contribution in [0.5, 0.6) is 0 Å². The number of ether oxygens (including phenoxy) is 1. The summed E-state index contributed by atoms with van der Waals surface area (Å²) in [4.78, 5) is 25.5. The summed E-state index contributed by atoms with van der Waals surface area (Å²) in [5.74, 6) is 0.709. The van der Waals surface area contributed by atoms with Crippen LogP contribution in [0.1, 0.15) is 84.3 Å². The number of aromatic nitrogens is 3. The van der Waals surface area contributed by atoms with E-state index in [2.05, 4.69) is 27.9 Å². The summed E-state index contributed by atoms with van der Waals surface area (Å²) >= 11 is 1.57. The van der Waals surface area contributed by atoms with Gasteiger partial charge >= 0.3 is 0 Å². The Morgan fingerprint density at radius 2 is 1.71 bits per heavy atom. The number of carbonyl (C=O) groups excluding carboxylic acids is 2. The summed E-state index contributed by atoms with van der Waals surface area (Å²) in [5.41, 5.74) is 0. The van der Waals surface area contributed by atoms with E-state index < -0.39 is 49.2 Å². The molecule has 38 heavy (non-hydrogen) atoms. The third kappa shape index (κ3) is 10.4. The normalized spacial score (nSPS) is 24.2. The standard InChI is InChI=1S/C25H45N5O7S/c1-3-5-6-7-8-9-10-11-12-20(32)26-17(16-38-13-4-2)24(36)27-19-14-30(29-28-19)25-23(35)22(34)21(33)18(15-31)37-25/h14,17-18,21-23,25,31,33-35H,3-13,15-16H2,1-2H3,(H,26,32)(H,27,36)/t17-,18?,21?,22?,23?,25-/m1/s1. The van der Waals surface area contributed by atoms with Crippen LogP contribution in [0.15, 0.2) is 6.20 Å². The van der Waals surface area contributed by atoms with Gasteiger partial charge in [-0.05, 0) is 18.6 Å². The van der Waals surface area contributed by atoms with Gasteiger partial charge in [-0.25, -0.2) is 4.68 Å². The molecule has 0 spiro atoms. The van der Waals surface area contributed by atoms with Crippen molar-refractivity contribution in [3.05, 3.63) is 6.20 Å². The smallest absolute Gasteiger partial charge is 0.249 e. The van der Waals surface area contributed by atoms with E-state index in [0.717, 1.165) is 36.1 Å². The van der Waals surface area contributed by atoms with E-state index >= 15 is 0 Å². The number of rotatable bonds is 18. The van der Waals surface area contributed by atoms with Crippen LogP contribution in [-0.4, -0.2) is 95.8 Å². The molecule has 1 aliphatic rings. The highest BCUT2D eigenvalue weighted by Crippen LogP contribution is 2.28. The molecule has 0 aromatic carbocycles. The zero-order valence-electron chi connectivity index (χ0n) is 22.5. The lowest BCUT2D eigenvalue weighted by molar-refractivity contribution is -0.254. The van der Waals surface area contributed by atoms with E-state index in [1.165, 1.54) is 38.3 Å². The van der Waals surface area contributed by atoms with Crippen LogP contribution < -0.4 is 10.6 Å². The van der Waals surface area contributed by atoms with Crippen molar-refractivity contribution < 1.29 is 34.8 Å². The monoisotopic (exact) mass is 559 g/mol. The van der Waals surface area contributed by atoms with Gasteiger partial charge in [-0.2, -0.15) is 11.8 Å². The number of amides is 2. The van der Waals surface area contributed by atoms with Gasteiger partial charge in [-0.3, -0.25) is 9.59 Å². The maximum Gasteiger partial charge on any atom is 0.249 e. The molecular weight excluding hydrogens is 514 g/mol. The largest absolute Gasteiger partial charge is 0.394 e. The van der Waals surface area contributed by atoms with Crippen LogP contribution in [0.4, 0.5) is 5.82 Å². The number of hydrogen-bond donors (Lipinski definition) is 6. The predicted octanol–water partition coefficient (Wildman–Crippen LogP) is 1.35. The Hall–Kier alpha value is -1.77. The molecular formula is C25H45N5O7S. The van der Waals surface area contributed by atoms with Crippen molar-refractivity contribution in [2.45, 2.75) is 115 Å². The van der Waals surface area contributed by atoms with E-state index in [1.807, 2.05) is 6.92 Å². The summed E-state index contributed by atoms with van der Waals surface area (Å²) in [7, 11) is 0. The van der Waals surface area contributed by atoms with Gasteiger partial charge in [-0.1, -0.05) is 64.0 Å². The first-order valence-corrected chi connectivity index (χ1v) is 14.9. The molecule has 218 valence electrons. The van der Waals surface area contributed by atoms with Crippen molar-refractivity contribution in [2.24, 2.45) is 0 Å². The number of aliphatic hydroxyl groups is 4. The molecule has 0 radical (unpaired) electrons. The zero-order chi connectivity index (χ0) is 27.9. The molecule has 13 heteroatoms. The number of unbranched alkanes of at least 4 members (excludes halogenated alkanes) is 7. The molecule has 4 unspecified atom stereocenters. The van der Waals surface area contributed by atoms with Crippen LogP contribution in [0.3, 0.4) is 0 Å². The van der Waals surface area contributed by atoms with Crippen molar-refractivity contribution >= 4 is 29.4 Å². The second-order valence-corrected chi connectivity index (χ2v) is 10.9. The summed E-state index contributed by atoms with van der Waals surface area (Å²) < 4.78 is 6.55. The number of anilines is 1. The third-order valence-electron chi connectivity index (χ3n) is 6.43. The van der Waals surface area contributed by atoms with Crippen molar-refractivity contribution in [1.82, 2.24) is 20.3 Å². The minimum Gasteiger partial charge on any atom is -0.394 e. The SMILES string of the molecule is CCCCCCCCCCC(=O)N[C@H](CSCCC)C(=O)Nc1cn([C@@H]2OC(CO)C(O)C(O)C2O)nn1. The van der Waals surface area contributed by atoms with Gasteiger partial charge in [0.25, 0.3) is 0 Å². The molecule has 2 heterocycles. The Morgan fingerprint density at radius 3 is 2.37 bits per heavy atom. The van der Waals surface area contributed by atoms with Crippen molar-refractivity contribution in [1.29, 1.82) is 0 Å². The first kappa shape index (κ1) is 32.4. The summed E-state index contributed by atoms with van der Waals surface area (Å²) in [6, 6.07) is -0.759. The highest BCUT2D eigenvalue weighted by molar-refractivity contribution is 7.99. The molecule has 1 aliphatic heterocycles. The molecule has 6 atom stereocenters. The molecule has 0 saturated carbocycles. The fourth-order valence-electron chi connectivity index (χ4n) is 4.19. The Balaban J connectivity index is 1.89. The molecule has 1 saturated heterocycles. The van der Waals surface area contributed by atoms with Gasteiger partial charge in [0.05, 0.1) is 12.8 Å². The fourth-order valence-corrected chi connectivity index (χ4v) is 5.11. The van der Waals surface area contributed by atoms with Crippen LogP contribution in [0, 0.1) is 0 Å². The molecule has 0 aliphatic carbocycles. The summed E-state index contributed by atoms with van der Waals surface area (Å²) in [6.45, 7) is 3.66. The number of aliphatic hydroxyl groups excluding tert-OH is 4. The summed E-state index contributed by atoms with van der Waals surface area (Å²) in [6.07, 6.45) is 4.74. The second kappa shape index (κ2) is 17.7. The van der Waals surface area contributed by atoms with Gasteiger partial charge in [0, 0.05) is 12.2 Å². The Kier molecular flexibility index (Phi) is 15.2. The molecule has 12 nitrogen and oxygen atoms in total. The van der Waals surface area contributed by atoms with Gasteiger partial charge in [-0.15, -0.1) is 5.10 Å². The topological polar surface area (TPSA) is 179 Å². The minimum atomic E-state index is -1.57. The molecule has 1 aromatic rings. The predicted molar refractivity (Wildman–Crippen MR) is 144 cm³/mol. The molecule has 6 N–H and O–H groups in total. The Bertz CT molecular complexity index is 828. The average Bonchev–Trinajstić information content (AvgIpc) is 3.36. The lowest BCUT2D eigenvalue weighted by Gasteiger charge is -2.39. The van der Waals surface area contributed by atoms with E-state index in [1.54, 1.807) is 11.8 Å². The molecule has 1 fully saturated rings. The maximum absolute atomic E-state index is 13.0. The van der Waals surface area contributed by atoms with Crippen molar-refractivity contribution in [3.8, 4) is 0 Å². The second-order valence-electron chi connectivity index (χ2n) is 9.71. The van der Waals surface area contributed by atoms with E-state index in [0.29, 0.717) is 12.2 Å². The lowest BCUT2D eigenvalue weighted by atomic mass is 9.98. The van der Waals surface area contributed by atoms with E-state index in [9.17, 15) is 30.0 Å². The molecule has 2 amide bonds. The van der Waals surface area contributed by atoms with E-state index in [4.69, 9.17) is 4.74 Å². The minimum absolute atomic E-state index is 0.0646. The number of thioether (sulfide) groups is 1. The highest BCUT2D eigenvalue weighted by atomic mass is 32.2. The maximum atomic E-state index is 13.0. The molecule has 1 aromatic heterocycles. The lowest BCUT2D eigenvalue weighted by Crippen LogP contribution is -2.56. The number of carbonyl (C=O) groups is 2. The Labute approximate surface area is 228 Å². The molecule has 0 bridgehead atoms. The van der Waals surface area contributed by atoms with Crippen LogP contribution in [-0.2, 0) is 14.3 Å². The first-order chi connectivity index (χ1) is 18.3. The van der Waals surface area contributed by atoms with Gasteiger partial charge in [0.2, 0.25) is 11.8 Å². The van der Waals surface area contributed by atoms with Gasteiger partial charge in [0.15, 0.2) is 12.0 Å². The first-order valence-electron chi connectivity index (χ1n) is 13.7. The Morgan fingerprint density at radius 1 is 1.03 bits per heavy atom. The van der Waals surface area contributed by atoms with Gasteiger partial charge in [0.1, 0.15) is 30.5 Å². The highest BCUT2D eigenvalue weighted by Gasteiger charge is 2.44. The van der Waals surface area contributed by atoms with Crippen molar-refractivity contribution in [3.63, 3.8) is 0 Å². The average molecular weight is 560 g/mol. The zero-order valence-corrected chi connectivity index (χ0v) is 23.3. The fraction of sp³-hybridized carbons (Fsp3) is 0.840.